The molecule has 2 unspecified atom stereocenters. The standard InChI is InChI=1S/C57H107NO7/c1-5-9-12-15-18-21-24-26-28-30-32-34-37-40-43-46-50-62-52-55(63-51-47-44-41-38-35-33-31-29-27-25-22-19-16-13-10-6-2)54(49-45-42-39-36-23-20-17-14-11-7-3)64-57(61)65-58(53-59)56(60)48-8-4/h26-29,53-55H,5-25,30-52H2,1-4H3/b28-26-,29-27-. The van der Waals surface area contributed by atoms with Gasteiger partial charge in [-0.05, 0) is 83.5 Å². The normalized spacial score (nSPS) is 12.6. The molecule has 2 amide bonds. The predicted molar refractivity (Wildman–Crippen MR) is 275 cm³/mol. The molecule has 65 heavy (non-hydrogen) atoms. The van der Waals surface area contributed by atoms with Crippen molar-refractivity contribution < 1.29 is 33.4 Å². The molecule has 0 heterocycles. The smallest absolute Gasteiger partial charge is 0.427 e. The Labute approximate surface area is 402 Å². The summed E-state index contributed by atoms with van der Waals surface area (Å²) in [5, 5.41) is 0.455. The van der Waals surface area contributed by atoms with Crippen molar-refractivity contribution in [2.24, 2.45) is 0 Å². The Morgan fingerprint density at radius 1 is 0.431 bits per heavy atom. The van der Waals surface area contributed by atoms with Gasteiger partial charge in [-0.2, -0.15) is 0 Å². The Kier molecular flexibility index (Phi) is 51.0. The van der Waals surface area contributed by atoms with E-state index in [1.54, 1.807) is 0 Å². The van der Waals surface area contributed by atoms with E-state index in [9.17, 15) is 14.4 Å². The van der Waals surface area contributed by atoms with E-state index >= 15 is 0 Å². The summed E-state index contributed by atoms with van der Waals surface area (Å²) in [4.78, 5) is 42.2. The van der Waals surface area contributed by atoms with E-state index in [1.165, 1.54) is 199 Å². The van der Waals surface area contributed by atoms with Crippen molar-refractivity contribution in [2.75, 3.05) is 19.8 Å². The number of hydroxylamine groups is 2. The van der Waals surface area contributed by atoms with Crippen molar-refractivity contribution >= 4 is 18.5 Å². The molecule has 8 nitrogen and oxygen atoms in total. The third-order valence-corrected chi connectivity index (χ3v) is 12.6. The minimum atomic E-state index is -1.06. The molecule has 0 spiro atoms. The summed E-state index contributed by atoms with van der Waals surface area (Å²) in [7, 11) is 0. The van der Waals surface area contributed by atoms with Crippen molar-refractivity contribution in [3.8, 4) is 0 Å². The predicted octanol–water partition coefficient (Wildman–Crippen LogP) is 18.0. The molecule has 0 aliphatic heterocycles. The number of rotatable bonds is 51. The van der Waals surface area contributed by atoms with Crippen LogP contribution in [0.4, 0.5) is 4.79 Å². The van der Waals surface area contributed by atoms with Crippen molar-refractivity contribution in [2.45, 2.75) is 303 Å². The maximum absolute atomic E-state index is 13.1. The lowest BCUT2D eigenvalue weighted by Crippen LogP contribution is -2.40. The molecule has 0 fully saturated rings. The molecule has 0 N–H and O–H groups in total. The van der Waals surface area contributed by atoms with Crippen LogP contribution in [0.25, 0.3) is 0 Å². The summed E-state index contributed by atoms with van der Waals surface area (Å²) in [6.07, 6.45) is 56.1. The lowest BCUT2D eigenvalue weighted by atomic mass is 10.0. The van der Waals surface area contributed by atoms with Crippen molar-refractivity contribution in [3.63, 3.8) is 0 Å². The van der Waals surface area contributed by atoms with E-state index in [2.05, 4.69) is 45.1 Å². The summed E-state index contributed by atoms with van der Waals surface area (Å²) in [6, 6.07) is 0. The second-order valence-corrected chi connectivity index (χ2v) is 18.9. The van der Waals surface area contributed by atoms with Gasteiger partial charge in [-0.3, -0.25) is 14.4 Å². The third-order valence-electron chi connectivity index (χ3n) is 12.6. The molecular formula is C57H107NO7. The van der Waals surface area contributed by atoms with Crippen LogP contribution >= 0.6 is 0 Å². The highest BCUT2D eigenvalue weighted by atomic mass is 16.8. The zero-order valence-corrected chi connectivity index (χ0v) is 43.5. The van der Waals surface area contributed by atoms with Crippen LogP contribution in [-0.2, 0) is 28.6 Å². The van der Waals surface area contributed by atoms with Gasteiger partial charge in [0, 0.05) is 19.6 Å². The monoisotopic (exact) mass is 918 g/mol. The zero-order valence-electron chi connectivity index (χ0n) is 43.5. The number of ether oxygens (including phenoxy) is 3. The van der Waals surface area contributed by atoms with Gasteiger partial charge < -0.3 is 14.2 Å². The first-order chi connectivity index (χ1) is 32.0. The number of carbonyl (C=O) groups is 3. The Bertz CT molecular complexity index is 1060. The summed E-state index contributed by atoms with van der Waals surface area (Å²) in [5.74, 6) is -0.572. The van der Waals surface area contributed by atoms with Gasteiger partial charge >= 0.3 is 6.16 Å². The fraction of sp³-hybridized carbons (Fsp3) is 0.877. The Morgan fingerprint density at radius 2 is 0.800 bits per heavy atom. The number of nitrogens with zero attached hydrogens (tertiary/aromatic N) is 1. The van der Waals surface area contributed by atoms with E-state index in [-0.39, 0.29) is 12.8 Å². The van der Waals surface area contributed by atoms with Crippen LogP contribution in [0.5, 0.6) is 0 Å². The summed E-state index contributed by atoms with van der Waals surface area (Å²) >= 11 is 0. The van der Waals surface area contributed by atoms with Gasteiger partial charge in [-0.15, -0.1) is 5.06 Å². The highest BCUT2D eigenvalue weighted by Crippen LogP contribution is 2.20. The maximum atomic E-state index is 13.1. The Morgan fingerprint density at radius 3 is 1.20 bits per heavy atom. The van der Waals surface area contributed by atoms with E-state index < -0.39 is 24.3 Å². The minimum Gasteiger partial charge on any atom is -0.427 e. The summed E-state index contributed by atoms with van der Waals surface area (Å²) < 4.78 is 18.6. The molecule has 0 aromatic rings. The second kappa shape index (κ2) is 52.8. The number of amides is 2. The Hall–Kier alpha value is -2.19. The lowest BCUT2D eigenvalue weighted by Gasteiger charge is -2.27. The molecule has 0 aromatic carbocycles. The number of allylic oxidation sites excluding steroid dienone is 4. The summed E-state index contributed by atoms with van der Waals surface area (Å²) in [5.41, 5.74) is 0. The Balaban J connectivity index is 5.04. The van der Waals surface area contributed by atoms with Crippen molar-refractivity contribution in [1.82, 2.24) is 5.06 Å². The van der Waals surface area contributed by atoms with Crippen LogP contribution in [0.2, 0.25) is 0 Å². The van der Waals surface area contributed by atoms with Crippen LogP contribution in [-0.4, -0.2) is 55.6 Å². The molecule has 0 rings (SSSR count). The average Bonchev–Trinajstić information content (AvgIpc) is 3.30. The zero-order chi connectivity index (χ0) is 47.4. The minimum absolute atomic E-state index is 0.0979. The van der Waals surface area contributed by atoms with E-state index in [0.29, 0.717) is 37.7 Å². The van der Waals surface area contributed by atoms with Gasteiger partial charge in [0.2, 0.25) is 0 Å². The van der Waals surface area contributed by atoms with Crippen LogP contribution < -0.4 is 0 Å². The first-order valence-electron chi connectivity index (χ1n) is 28.2. The van der Waals surface area contributed by atoms with Gasteiger partial charge in [0.25, 0.3) is 12.3 Å². The lowest BCUT2D eigenvalue weighted by molar-refractivity contribution is -0.181. The van der Waals surface area contributed by atoms with Crippen molar-refractivity contribution in [1.29, 1.82) is 0 Å². The number of imide groups is 1. The molecule has 0 radical (unpaired) electrons. The number of hydrogen-bond donors (Lipinski definition) is 0. The average molecular weight is 918 g/mol. The molecule has 0 saturated carbocycles. The van der Waals surface area contributed by atoms with Gasteiger partial charge in [0.05, 0.1) is 6.61 Å². The highest BCUT2D eigenvalue weighted by Gasteiger charge is 2.29. The topological polar surface area (TPSA) is 91.4 Å². The number of unbranched alkanes of at least 4 members (excludes halogenated alkanes) is 33. The van der Waals surface area contributed by atoms with Crippen molar-refractivity contribution in [3.05, 3.63) is 24.3 Å². The van der Waals surface area contributed by atoms with E-state index in [0.717, 1.165) is 44.9 Å². The SMILES string of the molecule is CCCCCCCC/C=C\CCCCCCCCOCC(OCCCCCCCC/C=C\CCCCCCCC)C(CCCCCCCCCCCC)OC(=O)ON(C=O)C(=O)CCC. The quantitative estimate of drug-likeness (QED) is 0.0197. The number of carbonyl (C=O) groups excluding carboxylic acids is 3. The summed E-state index contributed by atoms with van der Waals surface area (Å²) in [6.45, 7) is 10.1. The molecular weight excluding hydrogens is 811 g/mol. The molecule has 0 bridgehead atoms. The van der Waals surface area contributed by atoms with Crippen LogP contribution in [0.3, 0.4) is 0 Å². The fourth-order valence-corrected chi connectivity index (χ4v) is 8.33. The molecule has 0 aliphatic rings. The van der Waals surface area contributed by atoms with E-state index in [1.807, 2.05) is 6.92 Å². The molecule has 0 aromatic heterocycles. The van der Waals surface area contributed by atoms with Crippen LogP contribution in [0.15, 0.2) is 24.3 Å². The largest absolute Gasteiger partial charge is 0.534 e. The van der Waals surface area contributed by atoms with Gasteiger partial charge in [-0.25, -0.2) is 4.79 Å². The van der Waals surface area contributed by atoms with Gasteiger partial charge in [0.1, 0.15) is 12.2 Å². The second-order valence-electron chi connectivity index (χ2n) is 18.9. The molecule has 8 heteroatoms. The molecule has 382 valence electrons. The maximum Gasteiger partial charge on any atom is 0.534 e. The molecule has 2 atom stereocenters. The van der Waals surface area contributed by atoms with Crippen LogP contribution in [0, 0.1) is 0 Å². The molecule has 0 aliphatic carbocycles. The van der Waals surface area contributed by atoms with Crippen LogP contribution in [0.1, 0.15) is 291 Å². The third kappa shape index (κ3) is 45.4. The van der Waals surface area contributed by atoms with E-state index in [4.69, 9.17) is 19.0 Å². The number of hydrogen-bond acceptors (Lipinski definition) is 7. The fourth-order valence-electron chi connectivity index (χ4n) is 8.33. The van der Waals surface area contributed by atoms with Gasteiger partial charge in [0.15, 0.2) is 0 Å². The first kappa shape index (κ1) is 62.8. The highest BCUT2D eigenvalue weighted by molar-refractivity contribution is 5.85. The molecule has 0 saturated heterocycles. The van der Waals surface area contributed by atoms with Gasteiger partial charge in [-0.1, -0.05) is 225 Å². The first-order valence-corrected chi connectivity index (χ1v) is 28.2.